The molecule has 1 fully saturated rings. The van der Waals surface area contributed by atoms with Gasteiger partial charge in [-0.2, -0.15) is 0 Å². The number of benzene rings is 1. The zero-order valence-electron chi connectivity index (χ0n) is 9.41. The van der Waals surface area contributed by atoms with Gasteiger partial charge in [0.25, 0.3) is 0 Å². The fourth-order valence-electron chi connectivity index (χ4n) is 2.39. The molecule has 0 saturated heterocycles. The molecule has 81 valence electrons. The van der Waals surface area contributed by atoms with Crippen LogP contribution in [0.4, 0.5) is 0 Å². The number of rotatable bonds is 3. The fraction of sp³-hybridized carbons (Fsp3) is 0.500. The van der Waals surface area contributed by atoms with Crippen molar-refractivity contribution in [3.63, 3.8) is 0 Å². The molecule has 1 nitrogen and oxygen atoms in total. The number of hydrogen-bond donors (Lipinski definition) is 0. The Bertz CT molecular complexity index is 283. The lowest BCUT2D eigenvalue weighted by atomic mass is 9.84. The van der Waals surface area contributed by atoms with Crippen molar-refractivity contribution >= 4 is 0 Å². The van der Waals surface area contributed by atoms with Gasteiger partial charge in [0.2, 0.25) is 0 Å². The molecule has 0 unspecified atom stereocenters. The van der Waals surface area contributed by atoms with Crippen molar-refractivity contribution in [1.82, 2.24) is 0 Å². The second kappa shape index (κ2) is 5.20. The predicted molar refractivity (Wildman–Crippen MR) is 62.9 cm³/mol. The summed E-state index contributed by atoms with van der Waals surface area (Å²) in [5.41, 5.74) is 1.48. The van der Waals surface area contributed by atoms with Crippen molar-refractivity contribution in [2.45, 2.75) is 44.9 Å². The molecule has 15 heavy (non-hydrogen) atoms. The van der Waals surface area contributed by atoms with Gasteiger partial charge in [0.05, 0.1) is 0 Å². The number of ether oxygens (including phenoxy) is 1. The van der Waals surface area contributed by atoms with Gasteiger partial charge in [-0.05, 0) is 43.4 Å². The summed E-state index contributed by atoms with van der Waals surface area (Å²) < 4.78 is 5.32. The Balaban J connectivity index is 2.02. The van der Waals surface area contributed by atoms with E-state index in [-0.39, 0.29) is 0 Å². The third-order valence-corrected chi connectivity index (χ3v) is 3.21. The minimum Gasteiger partial charge on any atom is -0.487 e. The molecule has 0 amide bonds. The minimum absolute atomic E-state index is 0.790. The Hall–Kier alpha value is -0.980. The summed E-state index contributed by atoms with van der Waals surface area (Å²) in [6.45, 7) is 3.62. The van der Waals surface area contributed by atoms with Gasteiger partial charge in [-0.1, -0.05) is 31.4 Å². The highest BCUT2D eigenvalue weighted by atomic mass is 16.5. The second-order valence-corrected chi connectivity index (χ2v) is 4.26. The molecule has 1 radical (unpaired) electrons. The summed E-state index contributed by atoms with van der Waals surface area (Å²) >= 11 is 0. The lowest BCUT2D eigenvalue weighted by Gasteiger charge is -2.22. The van der Waals surface area contributed by atoms with E-state index in [0.29, 0.717) is 0 Å². The average Bonchev–Trinajstić information content (AvgIpc) is 2.32. The van der Waals surface area contributed by atoms with Gasteiger partial charge in [-0.15, -0.1) is 0 Å². The maximum absolute atomic E-state index is 5.32. The van der Waals surface area contributed by atoms with Crippen LogP contribution in [-0.4, -0.2) is 0 Å². The van der Waals surface area contributed by atoms with E-state index in [9.17, 15) is 0 Å². The van der Waals surface area contributed by atoms with Crippen LogP contribution >= 0.6 is 0 Å². The first-order chi connectivity index (χ1) is 7.40. The van der Waals surface area contributed by atoms with Gasteiger partial charge in [0.15, 0.2) is 0 Å². The quantitative estimate of drug-likeness (QED) is 0.712. The summed E-state index contributed by atoms with van der Waals surface area (Å²) in [6.07, 6.45) is 6.93. The van der Waals surface area contributed by atoms with Crippen LogP contribution in [0, 0.1) is 6.61 Å². The molecular formula is C14H19O. The molecule has 0 spiro atoms. The Kier molecular flexibility index (Phi) is 3.65. The Labute approximate surface area is 92.5 Å². The zero-order valence-corrected chi connectivity index (χ0v) is 9.41. The monoisotopic (exact) mass is 203 g/mol. The molecule has 1 aliphatic carbocycles. The maximum atomic E-state index is 5.32. The topological polar surface area (TPSA) is 9.23 Å². The van der Waals surface area contributed by atoms with E-state index in [1.54, 1.807) is 6.61 Å². The Morgan fingerprint density at radius 2 is 1.73 bits per heavy atom. The first-order valence-corrected chi connectivity index (χ1v) is 5.94. The van der Waals surface area contributed by atoms with Gasteiger partial charge in [-0.25, -0.2) is 0 Å². The van der Waals surface area contributed by atoms with Crippen molar-refractivity contribution in [2.75, 3.05) is 0 Å². The van der Waals surface area contributed by atoms with E-state index in [1.165, 1.54) is 37.7 Å². The van der Waals surface area contributed by atoms with Crippen LogP contribution in [0.25, 0.3) is 0 Å². The van der Waals surface area contributed by atoms with Crippen LogP contribution < -0.4 is 4.74 Å². The van der Waals surface area contributed by atoms with Crippen molar-refractivity contribution in [2.24, 2.45) is 0 Å². The first kappa shape index (κ1) is 10.5. The number of hydrogen-bond acceptors (Lipinski definition) is 1. The van der Waals surface area contributed by atoms with Crippen LogP contribution in [0.15, 0.2) is 24.3 Å². The Morgan fingerprint density at radius 1 is 1.07 bits per heavy atom. The maximum Gasteiger partial charge on any atom is 0.132 e. The van der Waals surface area contributed by atoms with Gasteiger partial charge in [-0.3, -0.25) is 0 Å². The SMILES string of the molecule is C[CH]Oc1ccc(C2CCCCC2)cc1. The van der Waals surface area contributed by atoms with Crippen LogP contribution in [0.5, 0.6) is 5.75 Å². The van der Waals surface area contributed by atoms with E-state index in [2.05, 4.69) is 24.3 Å². The van der Waals surface area contributed by atoms with Gasteiger partial charge < -0.3 is 4.74 Å². The third-order valence-electron chi connectivity index (χ3n) is 3.21. The molecule has 0 aliphatic heterocycles. The van der Waals surface area contributed by atoms with Crippen molar-refractivity contribution in [3.8, 4) is 5.75 Å². The van der Waals surface area contributed by atoms with Crippen LogP contribution in [0.3, 0.4) is 0 Å². The van der Waals surface area contributed by atoms with Crippen molar-refractivity contribution < 1.29 is 4.74 Å². The van der Waals surface area contributed by atoms with Crippen LogP contribution in [0.1, 0.15) is 50.5 Å². The largest absolute Gasteiger partial charge is 0.487 e. The summed E-state index contributed by atoms with van der Waals surface area (Å²) in [5, 5.41) is 0. The lowest BCUT2D eigenvalue weighted by Crippen LogP contribution is -2.04. The average molecular weight is 203 g/mol. The molecule has 2 rings (SSSR count). The molecule has 1 aromatic carbocycles. The standard InChI is InChI=1S/C14H19O/c1-2-15-14-10-8-13(9-11-14)12-6-4-3-5-7-12/h2,8-12H,3-7H2,1H3. The second-order valence-electron chi connectivity index (χ2n) is 4.26. The normalized spacial score (nSPS) is 17.7. The van der Waals surface area contributed by atoms with Crippen LogP contribution in [-0.2, 0) is 0 Å². The van der Waals surface area contributed by atoms with E-state index in [1.807, 2.05) is 6.92 Å². The molecule has 1 aliphatic rings. The fourth-order valence-corrected chi connectivity index (χ4v) is 2.39. The molecule has 0 atom stereocenters. The summed E-state index contributed by atoms with van der Waals surface area (Å²) in [6, 6.07) is 8.58. The molecule has 0 aromatic heterocycles. The Morgan fingerprint density at radius 3 is 2.33 bits per heavy atom. The van der Waals surface area contributed by atoms with Crippen molar-refractivity contribution in [1.29, 1.82) is 0 Å². The molecular weight excluding hydrogens is 184 g/mol. The smallest absolute Gasteiger partial charge is 0.132 e. The molecule has 0 N–H and O–H groups in total. The third kappa shape index (κ3) is 2.74. The van der Waals surface area contributed by atoms with Gasteiger partial charge in [0, 0.05) is 0 Å². The highest BCUT2D eigenvalue weighted by molar-refractivity contribution is 5.29. The zero-order chi connectivity index (χ0) is 10.5. The highest BCUT2D eigenvalue weighted by Crippen LogP contribution is 2.33. The van der Waals surface area contributed by atoms with E-state index in [4.69, 9.17) is 4.74 Å². The summed E-state index contributed by atoms with van der Waals surface area (Å²) in [5.74, 6) is 1.73. The van der Waals surface area contributed by atoms with Gasteiger partial charge in [0.1, 0.15) is 12.4 Å². The molecule has 1 heteroatoms. The van der Waals surface area contributed by atoms with Crippen LogP contribution in [0.2, 0.25) is 0 Å². The predicted octanol–water partition coefficient (Wildman–Crippen LogP) is 4.29. The molecule has 1 aromatic rings. The summed E-state index contributed by atoms with van der Waals surface area (Å²) in [7, 11) is 0. The highest BCUT2D eigenvalue weighted by Gasteiger charge is 2.14. The van der Waals surface area contributed by atoms with Crippen molar-refractivity contribution in [3.05, 3.63) is 36.4 Å². The molecule has 1 saturated carbocycles. The lowest BCUT2D eigenvalue weighted by molar-refractivity contribution is 0.415. The van der Waals surface area contributed by atoms with E-state index in [0.717, 1.165) is 11.7 Å². The molecule has 0 heterocycles. The van der Waals surface area contributed by atoms with E-state index < -0.39 is 0 Å². The minimum atomic E-state index is 0.790. The summed E-state index contributed by atoms with van der Waals surface area (Å²) in [4.78, 5) is 0. The van der Waals surface area contributed by atoms with E-state index >= 15 is 0 Å². The molecule has 0 bridgehead atoms. The first-order valence-electron chi connectivity index (χ1n) is 5.94. The van der Waals surface area contributed by atoms with Gasteiger partial charge >= 0.3 is 0 Å².